The molecule has 0 amide bonds. The molecule has 4 nitrogen and oxygen atoms in total. The Bertz CT molecular complexity index is 482. The highest BCUT2D eigenvalue weighted by atomic mass is 15.0. The number of pyridine rings is 2. The molecular formula is C13H16N4. The minimum Gasteiger partial charge on any atom is -0.396 e. The van der Waals surface area contributed by atoms with Gasteiger partial charge in [-0.2, -0.15) is 0 Å². The molecule has 0 aliphatic rings. The number of hydrogen-bond acceptors (Lipinski definition) is 4. The lowest BCUT2D eigenvalue weighted by Crippen LogP contribution is -2.09. The molecule has 0 atom stereocenters. The maximum atomic E-state index is 5.83. The lowest BCUT2D eigenvalue weighted by molar-refractivity contribution is 0.997. The summed E-state index contributed by atoms with van der Waals surface area (Å²) in [6.07, 6.45) is 4.53. The second kappa shape index (κ2) is 5.30. The zero-order chi connectivity index (χ0) is 12.1. The highest BCUT2D eigenvalue weighted by Gasteiger charge is 2.00. The summed E-state index contributed by atoms with van der Waals surface area (Å²) in [6.45, 7) is 2.76. The van der Waals surface area contributed by atoms with Crippen LogP contribution in [0.15, 0.2) is 36.7 Å². The number of rotatable bonds is 4. The molecule has 2 aromatic heterocycles. The summed E-state index contributed by atoms with van der Waals surface area (Å²) in [5.74, 6) is 0.763. The number of nitrogens with two attached hydrogens (primary N) is 1. The first-order valence-electron chi connectivity index (χ1n) is 5.61. The van der Waals surface area contributed by atoms with Gasteiger partial charge >= 0.3 is 0 Å². The van der Waals surface area contributed by atoms with Gasteiger partial charge in [0.15, 0.2) is 0 Å². The zero-order valence-electron chi connectivity index (χ0n) is 9.85. The lowest BCUT2D eigenvalue weighted by atomic mass is 10.2. The van der Waals surface area contributed by atoms with Crippen molar-refractivity contribution in [1.29, 1.82) is 0 Å². The molecule has 3 N–H and O–H groups in total. The highest BCUT2D eigenvalue weighted by Crippen LogP contribution is 2.15. The van der Waals surface area contributed by atoms with Crippen LogP contribution in [-0.2, 0) is 6.42 Å². The molecule has 2 rings (SSSR count). The molecule has 0 spiro atoms. The van der Waals surface area contributed by atoms with E-state index < -0.39 is 0 Å². The van der Waals surface area contributed by atoms with Crippen LogP contribution in [0, 0.1) is 6.92 Å². The van der Waals surface area contributed by atoms with Crippen molar-refractivity contribution in [2.75, 3.05) is 17.6 Å². The maximum absolute atomic E-state index is 5.83. The van der Waals surface area contributed by atoms with Crippen LogP contribution < -0.4 is 11.1 Å². The number of aromatic nitrogens is 2. The third-order valence-electron chi connectivity index (χ3n) is 2.52. The van der Waals surface area contributed by atoms with E-state index in [1.54, 1.807) is 12.4 Å². The summed E-state index contributed by atoms with van der Waals surface area (Å²) in [6, 6.07) is 7.80. The van der Waals surface area contributed by atoms with Gasteiger partial charge in [0.2, 0.25) is 0 Å². The van der Waals surface area contributed by atoms with Crippen molar-refractivity contribution in [3.8, 4) is 0 Å². The topological polar surface area (TPSA) is 63.8 Å². The number of nitrogens with one attached hydrogen (secondary N) is 1. The molecule has 0 radical (unpaired) electrons. The van der Waals surface area contributed by atoms with Gasteiger partial charge in [0.25, 0.3) is 0 Å². The standard InChI is InChI=1S/C13H16N4/c1-10-2-3-12(14)13(17-10)16-9-6-11-4-7-15-8-5-11/h2-5,7-8H,6,9,14H2,1H3,(H,16,17). The fourth-order valence-corrected chi connectivity index (χ4v) is 1.58. The Morgan fingerprint density at radius 3 is 2.71 bits per heavy atom. The van der Waals surface area contributed by atoms with Crippen molar-refractivity contribution < 1.29 is 0 Å². The van der Waals surface area contributed by atoms with E-state index in [4.69, 9.17) is 5.73 Å². The van der Waals surface area contributed by atoms with Gasteiger partial charge in [-0.25, -0.2) is 4.98 Å². The molecular weight excluding hydrogens is 212 g/mol. The van der Waals surface area contributed by atoms with Crippen molar-refractivity contribution in [1.82, 2.24) is 9.97 Å². The van der Waals surface area contributed by atoms with Crippen LogP contribution in [-0.4, -0.2) is 16.5 Å². The third kappa shape index (κ3) is 3.17. The van der Waals surface area contributed by atoms with Crippen molar-refractivity contribution in [2.45, 2.75) is 13.3 Å². The van der Waals surface area contributed by atoms with Gasteiger partial charge in [0.1, 0.15) is 5.82 Å². The summed E-state index contributed by atoms with van der Waals surface area (Å²) in [5.41, 5.74) is 8.73. The Kier molecular flexibility index (Phi) is 3.55. The normalized spacial score (nSPS) is 10.2. The molecule has 0 bridgehead atoms. The second-order valence-corrected chi connectivity index (χ2v) is 3.92. The summed E-state index contributed by atoms with van der Waals surface area (Å²) in [4.78, 5) is 8.34. The fraction of sp³-hybridized carbons (Fsp3) is 0.231. The van der Waals surface area contributed by atoms with Gasteiger partial charge < -0.3 is 11.1 Å². The van der Waals surface area contributed by atoms with Crippen molar-refractivity contribution in [3.05, 3.63) is 47.9 Å². The Labute approximate surface area is 101 Å². The van der Waals surface area contributed by atoms with Crippen LogP contribution in [0.1, 0.15) is 11.3 Å². The van der Waals surface area contributed by atoms with Crippen LogP contribution in [0.2, 0.25) is 0 Å². The SMILES string of the molecule is Cc1ccc(N)c(NCCc2ccncc2)n1. The number of anilines is 2. The molecule has 2 heterocycles. The fourth-order valence-electron chi connectivity index (χ4n) is 1.58. The van der Waals surface area contributed by atoms with E-state index >= 15 is 0 Å². The van der Waals surface area contributed by atoms with Gasteiger partial charge in [0.05, 0.1) is 5.69 Å². The van der Waals surface area contributed by atoms with Gasteiger partial charge in [0, 0.05) is 24.6 Å². The smallest absolute Gasteiger partial charge is 0.149 e. The lowest BCUT2D eigenvalue weighted by Gasteiger charge is -2.08. The van der Waals surface area contributed by atoms with Gasteiger partial charge in [-0.3, -0.25) is 4.98 Å². The van der Waals surface area contributed by atoms with Crippen molar-refractivity contribution in [3.63, 3.8) is 0 Å². The van der Waals surface area contributed by atoms with Crippen LogP contribution in [0.5, 0.6) is 0 Å². The van der Waals surface area contributed by atoms with E-state index in [1.165, 1.54) is 5.56 Å². The summed E-state index contributed by atoms with van der Waals surface area (Å²) < 4.78 is 0. The van der Waals surface area contributed by atoms with Gasteiger partial charge in [-0.05, 0) is 43.2 Å². The molecule has 17 heavy (non-hydrogen) atoms. The van der Waals surface area contributed by atoms with E-state index in [2.05, 4.69) is 15.3 Å². The summed E-state index contributed by atoms with van der Waals surface area (Å²) >= 11 is 0. The number of nitrogen functional groups attached to an aromatic ring is 1. The first-order chi connectivity index (χ1) is 8.25. The van der Waals surface area contributed by atoms with Gasteiger partial charge in [-0.1, -0.05) is 0 Å². The number of aryl methyl sites for hydroxylation is 1. The van der Waals surface area contributed by atoms with Crippen molar-refractivity contribution >= 4 is 11.5 Å². The van der Waals surface area contributed by atoms with Crippen LogP contribution in [0.4, 0.5) is 11.5 Å². The van der Waals surface area contributed by atoms with Crippen LogP contribution >= 0.6 is 0 Å². The quantitative estimate of drug-likeness (QED) is 0.840. The summed E-state index contributed by atoms with van der Waals surface area (Å²) in [5, 5.41) is 3.25. The minimum absolute atomic E-state index is 0.685. The molecule has 0 saturated heterocycles. The number of nitrogens with zero attached hydrogens (tertiary/aromatic N) is 2. The Balaban J connectivity index is 1.92. The number of hydrogen-bond donors (Lipinski definition) is 2. The van der Waals surface area contributed by atoms with E-state index in [-0.39, 0.29) is 0 Å². The largest absolute Gasteiger partial charge is 0.396 e. The molecule has 0 aromatic carbocycles. The Morgan fingerprint density at radius 1 is 1.18 bits per heavy atom. The average molecular weight is 228 g/mol. The molecule has 88 valence electrons. The van der Waals surface area contributed by atoms with E-state index in [9.17, 15) is 0 Å². The molecule has 0 aliphatic heterocycles. The Morgan fingerprint density at radius 2 is 1.94 bits per heavy atom. The molecule has 0 unspecified atom stereocenters. The first kappa shape index (κ1) is 11.4. The van der Waals surface area contributed by atoms with E-state index in [1.807, 2.05) is 31.2 Å². The summed E-state index contributed by atoms with van der Waals surface area (Å²) in [7, 11) is 0. The second-order valence-electron chi connectivity index (χ2n) is 3.92. The van der Waals surface area contributed by atoms with Gasteiger partial charge in [-0.15, -0.1) is 0 Å². The molecule has 4 heteroatoms. The molecule has 0 saturated carbocycles. The first-order valence-corrected chi connectivity index (χ1v) is 5.61. The van der Waals surface area contributed by atoms with Crippen LogP contribution in [0.25, 0.3) is 0 Å². The monoisotopic (exact) mass is 228 g/mol. The highest BCUT2D eigenvalue weighted by molar-refractivity contribution is 5.61. The van der Waals surface area contributed by atoms with Crippen molar-refractivity contribution in [2.24, 2.45) is 0 Å². The maximum Gasteiger partial charge on any atom is 0.149 e. The zero-order valence-corrected chi connectivity index (χ0v) is 9.85. The van der Waals surface area contributed by atoms with Crippen LogP contribution in [0.3, 0.4) is 0 Å². The minimum atomic E-state index is 0.685. The molecule has 0 fully saturated rings. The van der Waals surface area contributed by atoms with E-state index in [0.29, 0.717) is 5.69 Å². The van der Waals surface area contributed by atoms with E-state index in [0.717, 1.165) is 24.5 Å². The molecule has 0 aliphatic carbocycles. The Hall–Kier alpha value is -2.10. The molecule has 2 aromatic rings. The predicted octanol–water partition coefficient (Wildman–Crippen LogP) is 2.02. The third-order valence-corrected chi connectivity index (χ3v) is 2.52. The average Bonchev–Trinajstić information content (AvgIpc) is 2.35. The predicted molar refractivity (Wildman–Crippen MR) is 69.8 cm³/mol.